The molecule has 0 unspecified atom stereocenters. The number of aromatic nitrogens is 1. The maximum Gasteiger partial charge on any atom is 0.248 e. The van der Waals surface area contributed by atoms with Crippen LogP contribution in [-0.4, -0.2) is 13.4 Å². The number of aromatic amines is 1. The van der Waals surface area contributed by atoms with Crippen molar-refractivity contribution in [1.29, 1.82) is 0 Å². The van der Waals surface area contributed by atoms with Crippen LogP contribution in [0.2, 0.25) is 5.02 Å². The van der Waals surface area contributed by atoms with Crippen LogP contribution in [0.4, 0.5) is 0 Å². The van der Waals surface area contributed by atoms with Crippen LogP contribution in [0.1, 0.15) is 5.56 Å². The van der Waals surface area contributed by atoms with E-state index in [1.165, 1.54) is 18.2 Å². The van der Waals surface area contributed by atoms with Gasteiger partial charge in [-0.25, -0.2) is 13.1 Å². The molecule has 0 aliphatic carbocycles. The first-order valence-corrected chi connectivity index (χ1v) is 8.68. The predicted octanol–water partition coefficient (Wildman–Crippen LogP) is 2.66. The van der Waals surface area contributed by atoms with Crippen molar-refractivity contribution in [2.45, 2.75) is 11.4 Å². The van der Waals surface area contributed by atoms with Gasteiger partial charge in [0.25, 0.3) is 0 Å². The van der Waals surface area contributed by atoms with Gasteiger partial charge in [0.1, 0.15) is 0 Å². The summed E-state index contributed by atoms with van der Waals surface area (Å²) in [5, 5.41) is 1.15. The second-order valence-corrected chi connectivity index (χ2v) is 7.16. The highest BCUT2D eigenvalue weighted by Crippen LogP contribution is 2.18. The highest BCUT2D eigenvalue weighted by molar-refractivity contribution is 7.89. The van der Waals surface area contributed by atoms with Crippen molar-refractivity contribution < 1.29 is 8.42 Å². The molecule has 2 N–H and O–H groups in total. The van der Waals surface area contributed by atoms with E-state index in [-0.39, 0.29) is 17.0 Å². The van der Waals surface area contributed by atoms with Crippen LogP contribution >= 0.6 is 11.6 Å². The van der Waals surface area contributed by atoms with E-state index in [1.807, 2.05) is 0 Å². The van der Waals surface area contributed by atoms with Gasteiger partial charge in [-0.05, 0) is 41.3 Å². The van der Waals surface area contributed by atoms with Crippen LogP contribution in [0.5, 0.6) is 0 Å². The van der Waals surface area contributed by atoms with Crippen LogP contribution in [0.25, 0.3) is 10.9 Å². The van der Waals surface area contributed by atoms with Gasteiger partial charge in [0.05, 0.1) is 4.90 Å². The Morgan fingerprint density at radius 2 is 1.83 bits per heavy atom. The summed E-state index contributed by atoms with van der Waals surface area (Å²) in [7, 11) is -3.68. The van der Waals surface area contributed by atoms with E-state index in [9.17, 15) is 13.2 Å². The number of H-pyrrole nitrogens is 1. The highest BCUT2D eigenvalue weighted by Gasteiger charge is 2.15. The molecule has 0 amide bonds. The molecule has 0 radical (unpaired) electrons. The van der Waals surface area contributed by atoms with E-state index in [0.29, 0.717) is 21.5 Å². The highest BCUT2D eigenvalue weighted by atomic mass is 35.5. The Morgan fingerprint density at radius 1 is 1.04 bits per heavy atom. The Morgan fingerprint density at radius 3 is 2.61 bits per heavy atom. The van der Waals surface area contributed by atoms with E-state index >= 15 is 0 Å². The third-order valence-corrected chi connectivity index (χ3v) is 5.18. The smallest absolute Gasteiger partial charge is 0.248 e. The minimum atomic E-state index is -3.68. The quantitative estimate of drug-likeness (QED) is 0.760. The van der Waals surface area contributed by atoms with Gasteiger partial charge in [0, 0.05) is 23.2 Å². The monoisotopic (exact) mass is 348 g/mol. The van der Waals surface area contributed by atoms with E-state index in [2.05, 4.69) is 9.71 Å². The maximum atomic E-state index is 12.4. The molecule has 7 heteroatoms. The zero-order chi connectivity index (χ0) is 16.4. The van der Waals surface area contributed by atoms with Crippen molar-refractivity contribution in [3.05, 3.63) is 75.5 Å². The van der Waals surface area contributed by atoms with Crippen molar-refractivity contribution in [3.8, 4) is 0 Å². The van der Waals surface area contributed by atoms with Crippen LogP contribution in [0, 0.1) is 0 Å². The van der Waals surface area contributed by atoms with Gasteiger partial charge in [-0.1, -0.05) is 29.8 Å². The molecule has 0 atom stereocenters. The number of nitrogens with one attached hydrogen (secondary N) is 2. The van der Waals surface area contributed by atoms with Gasteiger partial charge in [-0.15, -0.1) is 0 Å². The van der Waals surface area contributed by atoms with Gasteiger partial charge in [-0.3, -0.25) is 4.79 Å². The molecule has 0 fully saturated rings. The minimum Gasteiger partial charge on any atom is -0.322 e. The average molecular weight is 349 g/mol. The van der Waals surface area contributed by atoms with E-state index in [0.717, 1.165) is 0 Å². The molecule has 2 aromatic carbocycles. The Kier molecular flexibility index (Phi) is 4.21. The number of hydrogen-bond acceptors (Lipinski definition) is 3. The van der Waals surface area contributed by atoms with Gasteiger partial charge in [0.15, 0.2) is 0 Å². The third kappa shape index (κ3) is 3.44. The average Bonchev–Trinajstić information content (AvgIpc) is 2.53. The minimum absolute atomic E-state index is 0.103. The molecule has 5 nitrogen and oxygen atoms in total. The first kappa shape index (κ1) is 15.7. The number of sulfonamides is 1. The molecule has 118 valence electrons. The van der Waals surface area contributed by atoms with Crippen LogP contribution < -0.4 is 10.3 Å². The number of halogens is 1. The lowest BCUT2D eigenvalue weighted by Gasteiger charge is -2.09. The first-order chi connectivity index (χ1) is 11.0. The number of fused-ring (bicyclic) bond motifs is 1. The summed E-state index contributed by atoms with van der Waals surface area (Å²) in [6.45, 7) is 0.103. The summed E-state index contributed by atoms with van der Waals surface area (Å²) in [6.07, 6.45) is 0. The lowest BCUT2D eigenvalue weighted by Crippen LogP contribution is -2.23. The normalized spacial score (nSPS) is 11.7. The summed E-state index contributed by atoms with van der Waals surface area (Å²) >= 11 is 6.02. The van der Waals surface area contributed by atoms with Gasteiger partial charge in [-0.2, -0.15) is 0 Å². The number of rotatable bonds is 4. The van der Waals surface area contributed by atoms with Gasteiger partial charge in [0.2, 0.25) is 15.6 Å². The molecular weight excluding hydrogens is 336 g/mol. The summed E-state index contributed by atoms with van der Waals surface area (Å²) in [6, 6.07) is 14.5. The summed E-state index contributed by atoms with van der Waals surface area (Å²) < 4.78 is 27.3. The molecule has 0 aliphatic heterocycles. The summed E-state index contributed by atoms with van der Waals surface area (Å²) in [4.78, 5) is 14.0. The zero-order valence-corrected chi connectivity index (χ0v) is 13.5. The van der Waals surface area contributed by atoms with E-state index in [1.54, 1.807) is 36.4 Å². The summed E-state index contributed by atoms with van der Waals surface area (Å²) in [5.74, 6) is 0. The van der Waals surface area contributed by atoms with Crippen LogP contribution in [0.15, 0.2) is 64.3 Å². The molecule has 0 saturated carbocycles. The van der Waals surface area contributed by atoms with Gasteiger partial charge < -0.3 is 4.98 Å². The fraction of sp³-hybridized carbons (Fsp3) is 0.0625. The molecule has 1 aromatic heterocycles. The zero-order valence-electron chi connectivity index (χ0n) is 11.9. The first-order valence-electron chi connectivity index (χ1n) is 6.82. The Bertz CT molecular complexity index is 1030. The van der Waals surface area contributed by atoms with Crippen molar-refractivity contribution in [1.82, 2.24) is 9.71 Å². The van der Waals surface area contributed by atoms with E-state index < -0.39 is 10.0 Å². The molecule has 23 heavy (non-hydrogen) atoms. The SMILES string of the molecule is O=c1ccc2cc(S(=O)(=O)NCc3ccccc3Cl)ccc2[nH]1. The summed E-state index contributed by atoms with van der Waals surface area (Å²) in [5.41, 5.74) is 1.05. The largest absolute Gasteiger partial charge is 0.322 e. The second-order valence-electron chi connectivity index (χ2n) is 4.99. The van der Waals surface area contributed by atoms with Gasteiger partial charge >= 0.3 is 0 Å². The molecule has 1 heterocycles. The van der Waals surface area contributed by atoms with Crippen LogP contribution in [-0.2, 0) is 16.6 Å². The number of pyridine rings is 1. The second kappa shape index (κ2) is 6.16. The number of benzene rings is 2. The molecule has 0 aliphatic rings. The fourth-order valence-corrected chi connectivity index (χ4v) is 3.44. The Hall–Kier alpha value is -2.15. The molecule has 0 spiro atoms. The van der Waals surface area contributed by atoms with Crippen LogP contribution in [0.3, 0.4) is 0 Å². The lowest BCUT2D eigenvalue weighted by atomic mass is 10.2. The van der Waals surface area contributed by atoms with E-state index in [4.69, 9.17) is 11.6 Å². The molecule has 0 bridgehead atoms. The Balaban J connectivity index is 1.89. The molecular formula is C16H13ClN2O3S. The van der Waals surface area contributed by atoms with Crippen molar-refractivity contribution in [3.63, 3.8) is 0 Å². The number of hydrogen-bond donors (Lipinski definition) is 2. The van der Waals surface area contributed by atoms with Crippen molar-refractivity contribution in [2.24, 2.45) is 0 Å². The topological polar surface area (TPSA) is 79.0 Å². The third-order valence-electron chi connectivity index (χ3n) is 3.42. The predicted molar refractivity (Wildman–Crippen MR) is 90.0 cm³/mol. The standard InChI is InChI=1S/C16H13ClN2O3S/c17-14-4-2-1-3-12(14)10-18-23(21,22)13-6-7-15-11(9-13)5-8-16(20)19-15/h1-9,18H,10H2,(H,19,20). The maximum absolute atomic E-state index is 12.4. The molecule has 3 aromatic rings. The lowest BCUT2D eigenvalue weighted by molar-refractivity contribution is 0.581. The molecule has 3 rings (SSSR count). The van der Waals surface area contributed by atoms with Crippen molar-refractivity contribution >= 4 is 32.5 Å². The van der Waals surface area contributed by atoms with Crippen molar-refractivity contribution in [2.75, 3.05) is 0 Å². The Labute approximate surface area is 138 Å². The molecule has 0 saturated heterocycles. The fourth-order valence-electron chi connectivity index (χ4n) is 2.20.